The van der Waals surface area contributed by atoms with Crippen LogP contribution in [0.15, 0.2) is 48.8 Å². The number of ether oxygens (including phenoxy) is 1. The smallest absolute Gasteiger partial charge is 0.162 e. The number of pyridine rings is 1. The molecule has 3 heterocycles. The number of hydrogen-bond acceptors (Lipinski definition) is 4. The molecule has 0 aliphatic carbocycles. The van der Waals surface area contributed by atoms with E-state index >= 15 is 0 Å². The van der Waals surface area contributed by atoms with Gasteiger partial charge in [-0.1, -0.05) is 11.6 Å². The Hall–Kier alpha value is -2.37. The summed E-state index contributed by atoms with van der Waals surface area (Å²) in [4.78, 5) is 19.0. The third-order valence-corrected chi connectivity index (χ3v) is 6.45. The number of fused-ring (bicyclic) bond motifs is 1. The molecule has 4 rings (SSSR count). The number of piperidine rings is 1. The Morgan fingerprint density at radius 1 is 1.16 bits per heavy atom. The number of carbonyl (C=O) groups is 1. The van der Waals surface area contributed by atoms with Gasteiger partial charge in [0.25, 0.3) is 0 Å². The van der Waals surface area contributed by atoms with Crippen molar-refractivity contribution in [2.24, 2.45) is 5.92 Å². The molecule has 0 atom stereocenters. The fourth-order valence-electron chi connectivity index (χ4n) is 4.41. The van der Waals surface area contributed by atoms with Crippen molar-refractivity contribution in [3.63, 3.8) is 0 Å². The van der Waals surface area contributed by atoms with Crippen LogP contribution < -0.4 is 4.74 Å². The molecule has 164 valence electrons. The van der Waals surface area contributed by atoms with Gasteiger partial charge in [-0.05, 0) is 94.6 Å². The lowest BCUT2D eigenvalue weighted by molar-refractivity contribution is 0.101. The van der Waals surface area contributed by atoms with Gasteiger partial charge >= 0.3 is 0 Å². The van der Waals surface area contributed by atoms with E-state index in [0.717, 1.165) is 78.9 Å². The maximum atomic E-state index is 11.9. The van der Waals surface area contributed by atoms with Gasteiger partial charge in [0.1, 0.15) is 11.4 Å². The minimum Gasteiger partial charge on any atom is -0.494 e. The number of benzene rings is 1. The lowest BCUT2D eigenvalue weighted by atomic mass is 9.94. The lowest BCUT2D eigenvalue weighted by Crippen LogP contribution is -2.35. The van der Waals surface area contributed by atoms with E-state index in [4.69, 9.17) is 16.3 Å². The van der Waals surface area contributed by atoms with Crippen molar-refractivity contribution in [3.05, 3.63) is 59.4 Å². The molecule has 0 unspecified atom stereocenters. The highest BCUT2D eigenvalue weighted by atomic mass is 35.5. The number of halogens is 1. The number of nitrogens with zero attached hydrogens (tertiary/aromatic N) is 3. The molecule has 31 heavy (non-hydrogen) atoms. The van der Waals surface area contributed by atoms with Crippen molar-refractivity contribution in [1.29, 1.82) is 0 Å². The van der Waals surface area contributed by atoms with Crippen molar-refractivity contribution >= 4 is 28.4 Å². The van der Waals surface area contributed by atoms with E-state index in [1.54, 1.807) is 13.1 Å². The molecular weight excluding hydrogens is 410 g/mol. The predicted molar refractivity (Wildman–Crippen MR) is 125 cm³/mol. The number of rotatable bonds is 9. The molecular formula is C25H30ClN3O2. The molecule has 1 saturated heterocycles. The zero-order valence-electron chi connectivity index (χ0n) is 18.1. The van der Waals surface area contributed by atoms with Crippen LogP contribution in [0.2, 0.25) is 5.02 Å². The van der Waals surface area contributed by atoms with Gasteiger partial charge in [-0.15, -0.1) is 0 Å². The molecule has 1 aromatic carbocycles. The standard InChI is InChI=1S/C25H30ClN3O2/c1-19(30)24-18-29(25-23(24)4-2-12-27-25)14-3-13-28-15-9-20(10-16-28)11-17-31-22-7-5-21(26)6-8-22/h2,4-8,12,18,20H,3,9-11,13-17H2,1H3. The van der Waals surface area contributed by atoms with Gasteiger partial charge in [0.05, 0.1) is 6.61 Å². The summed E-state index contributed by atoms with van der Waals surface area (Å²) in [6, 6.07) is 11.5. The summed E-state index contributed by atoms with van der Waals surface area (Å²) in [5, 5.41) is 1.69. The molecule has 0 saturated carbocycles. The van der Waals surface area contributed by atoms with Crippen LogP contribution in [-0.4, -0.2) is 46.5 Å². The molecule has 0 radical (unpaired) electrons. The van der Waals surface area contributed by atoms with E-state index in [1.807, 2.05) is 42.6 Å². The van der Waals surface area contributed by atoms with Gasteiger partial charge in [0.15, 0.2) is 5.78 Å². The molecule has 1 aliphatic rings. The highest BCUT2D eigenvalue weighted by Crippen LogP contribution is 2.23. The number of Topliss-reactive ketones (excluding diaryl/α,β-unsaturated/α-hetero) is 1. The highest BCUT2D eigenvalue weighted by Gasteiger charge is 2.19. The van der Waals surface area contributed by atoms with Crippen LogP contribution in [0.5, 0.6) is 5.75 Å². The minimum atomic E-state index is 0.0962. The van der Waals surface area contributed by atoms with E-state index in [1.165, 1.54) is 12.8 Å². The molecule has 0 amide bonds. The van der Waals surface area contributed by atoms with Crippen molar-refractivity contribution in [2.75, 3.05) is 26.2 Å². The quantitative estimate of drug-likeness (QED) is 0.415. The largest absolute Gasteiger partial charge is 0.494 e. The first kappa shape index (κ1) is 21.8. The summed E-state index contributed by atoms with van der Waals surface area (Å²) in [5.41, 5.74) is 1.68. The second-order valence-corrected chi connectivity index (χ2v) is 8.83. The average molecular weight is 440 g/mol. The molecule has 1 fully saturated rings. The Bertz CT molecular complexity index is 1010. The first-order chi connectivity index (χ1) is 15.1. The predicted octanol–water partition coefficient (Wildman–Crippen LogP) is 5.46. The van der Waals surface area contributed by atoms with E-state index < -0.39 is 0 Å². The summed E-state index contributed by atoms with van der Waals surface area (Å²) in [6.45, 7) is 6.64. The number of aromatic nitrogens is 2. The molecule has 5 nitrogen and oxygen atoms in total. The van der Waals surface area contributed by atoms with Crippen molar-refractivity contribution in [1.82, 2.24) is 14.5 Å². The molecule has 0 N–H and O–H groups in total. The van der Waals surface area contributed by atoms with Crippen LogP contribution in [0.25, 0.3) is 11.0 Å². The van der Waals surface area contributed by atoms with Gasteiger partial charge in [0, 0.05) is 34.9 Å². The third-order valence-electron chi connectivity index (χ3n) is 6.20. The number of aryl methyl sites for hydroxylation is 1. The molecule has 2 aromatic heterocycles. The molecule has 0 spiro atoms. The van der Waals surface area contributed by atoms with Gasteiger partial charge in [0.2, 0.25) is 0 Å². The maximum absolute atomic E-state index is 11.9. The number of likely N-dealkylation sites (tertiary alicyclic amines) is 1. The fraction of sp³-hybridized carbons (Fsp3) is 0.440. The van der Waals surface area contributed by atoms with E-state index in [-0.39, 0.29) is 5.78 Å². The van der Waals surface area contributed by atoms with E-state index in [0.29, 0.717) is 0 Å². The van der Waals surface area contributed by atoms with Crippen LogP contribution in [0.1, 0.15) is 43.0 Å². The normalized spacial score (nSPS) is 15.4. The zero-order valence-corrected chi connectivity index (χ0v) is 18.9. The van der Waals surface area contributed by atoms with E-state index in [9.17, 15) is 4.79 Å². The van der Waals surface area contributed by atoms with Crippen molar-refractivity contribution < 1.29 is 9.53 Å². The molecule has 6 heteroatoms. The van der Waals surface area contributed by atoms with Crippen molar-refractivity contribution in [3.8, 4) is 5.75 Å². The Labute approximate surface area is 189 Å². The zero-order chi connectivity index (χ0) is 21.6. The lowest BCUT2D eigenvalue weighted by Gasteiger charge is -2.32. The van der Waals surface area contributed by atoms with Gasteiger partial charge in [-0.3, -0.25) is 4.79 Å². The second-order valence-electron chi connectivity index (χ2n) is 8.40. The first-order valence-corrected chi connectivity index (χ1v) is 11.5. The average Bonchev–Trinajstić information content (AvgIpc) is 3.15. The fourth-order valence-corrected chi connectivity index (χ4v) is 4.54. The van der Waals surface area contributed by atoms with Crippen LogP contribution in [0.3, 0.4) is 0 Å². The van der Waals surface area contributed by atoms with Crippen molar-refractivity contribution in [2.45, 2.75) is 39.2 Å². The Kier molecular flexibility index (Phi) is 7.25. The Balaban J connectivity index is 1.18. The van der Waals surface area contributed by atoms with Crippen LogP contribution >= 0.6 is 11.6 Å². The number of hydrogen-bond donors (Lipinski definition) is 0. The van der Waals surface area contributed by atoms with Gasteiger partial charge < -0.3 is 14.2 Å². The highest BCUT2D eigenvalue weighted by molar-refractivity contribution is 6.30. The maximum Gasteiger partial charge on any atom is 0.162 e. The summed E-state index contributed by atoms with van der Waals surface area (Å²) in [6.07, 6.45) is 8.38. The Morgan fingerprint density at radius 3 is 2.68 bits per heavy atom. The molecule has 3 aromatic rings. The summed E-state index contributed by atoms with van der Waals surface area (Å²) in [5.74, 6) is 1.72. The van der Waals surface area contributed by atoms with Crippen LogP contribution in [0.4, 0.5) is 0 Å². The van der Waals surface area contributed by atoms with Gasteiger partial charge in [-0.25, -0.2) is 4.98 Å². The van der Waals surface area contributed by atoms with E-state index in [2.05, 4.69) is 14.5 Å². The minimum absolute atomic E-state index is 0.0962. The number of carbonyl (C=O) groups excluding carboxylic acids is 1. The Morgan fingerprint density at radius 2 is 1.94 bits per heavy atom. The summed E-state index contributed by atoms with van der Waals surface area (Å²) < 4.78 is 7.99. The van der Waals surface area contributed by atoms with Crippen LogP contribution in [-0.2, 0) is 6.54 Å². The first-order valence-electron chi connectivity index (χ1n) is 11.2. The summed E-state index contributed by atoms with van der Waals surface area (Å²) >= 11 is 5.91. The van der Waals surface area contributed by atoms with Gasteiger partial charge in [-0.2, -0.15) is 0 Å². The SMILES string of the molecule is CC(=O)c1cn(CCCN2CCC(CCOc3ccc(Cl)cc3)CC2)c2ncccc12. The van der Waals surface area contributed by atoms with Crippen LogP contribution in [0, 0.1) is 5.92 Å². The third kappa shape index (κ3) is 5.66. The summed E-state index contributed by atoms with van der Waals surface area (Å²) in [7, 11) is 0. The topological polar surface area (TPSA) is 47.4 Å². The monoisotopic (exact) mass is 439 g/mol. The molecule has 1 aliphatic heterocycles. The molecule has 0 bridgehead atoms. The second kappa shape index (κ2) is 10.3. The number of ketones is 1.